The molecule has 25 heavy (non-hydrogen) atoms. The zero-order valence-electron chi connectivity index (χ0n) is 13.9. The van der Waals surface area contributed by atoms with Crippen molar-refractivity contribution in [2.24, 2.45) is 0 Å². The molecule has 2 aromatic rings. The summed E-state index contributed by atoms with van der Waals surface area (Å²) in [6.07, 6.45) is 4.73. The van der Waals surface area contributed by atoms with Crippen LogP contribution in [-0.4, -0.2) is 52.7 Å². The average molecular weight is 342 g/mol. The first-order chi connectivity index (χ1) is 12.1. The SMILES string of the molecule is CCN(c1ncccn1)[C@H]1CCN(C(=O)c2cc(C=O)ccc2F)C1. The molecule has 6 nitrogen and oxygen atoms in total. The Morgan fingerprint density at radius 1 is 1.40 bits per heavy atom. The molecule has 1 aliphatic rings. The van der Waals surface area contributed by atoms with Gasteiger partial charge < -0.3 is 9.80 Å². The topological polar surface area (TPSA) is 66.4 Å². The van der Waals surface area contributed by atoms with Gasteiger partial charge in [0.05, 0.1) is 11.6 Å². The van der Waals surface area contributed by atoms with Gasteiger partial charge in [0.25, 0.3) is 5.91 Å². The smallest absolute Gasteiger partial charge is 0.256 e. The van der Waals surface area contributed by atoms with Crippen molar-refractivity contribution in [3.8, 4) is 0 Å². The fourth-order valence-corrected chi connectivity index (χ4v) is 3.13. The highest BCUT2D eigenvalue weighted by Gasteiger charge is 2.32. The summed E-state index contributed by atoms with van der Waals surface area (Å²) in [7, 11) is 0. The van der Waals surface area contributed by atoms with Crippen molar-refractivity contribution in [3.63, 3.8) is 0 Å². The number of likely N-dealkylation sites (N-methyl/N-ethyl adjacent to an activating group) is 1. The maximum absolute atomic E-state index is 14.0. The predicted octanol–water partition coefficient (Wildman–Crippen LogP) is 2.17. The number of amides is 1. The number of likely N-dealkylation sites (tertiary alicyclic amines) is 1. The molecule has 0 spiro atoms. The van der Waals surface area contributed by atoms with Gasteiger partial charge in [-0.3, -0.25) is 9.59 Å². The highest BCUT2D eigenvalue weighted by molar-refractivity contribution is 5.96. The Bertz CT molecular complexity index is 769. The van der Waals surface area contributed by atoms with Crippen molar-refractivity contribution in [2.45, 2.75) is 19.4 Å². The summed E-state index contributed by atoms with van der Waals surface area (Å²) in [4.78, 5) is 35.7. The number of rotatable bonds is 5. The number of hydrogen-bond donors (Lipinski definition) is 0. The summed E-state index contributed by atoms with van der Waals surface area (Å²) in [6, 6.07) is 5.65. The van der Waals surface area contributed by atoms with E-state index in [0.717, 1.165) is 12.5 Å². The number of nitrogens with zero attached hydrogens (tertiary/aromatic N) is 4. The van der Waals surface area contributed by atoms with Crippen molar-refractivity contribution >= 4 is 18.1 Å². The standard InChI is InChI=1S/C18H19FN4O2/c1-2-23(18-20-7-3-8-21-18)14-6-9-22(11-14)17(25)15-10-13(12-24)4-5-16(15)19/h3-5,7-8,10,12,14H,2,6,9,11H2,1H3/t14-/m0/s1. The van der Waals surface area contributed by atoms with Crippen LogP contribution < -0.4 is 4.90 Å². The second-order valence-electron chi connectivity index (χ2n) is 5.89. The minimum Gasteiger partial charge on any atom is -0.336 e. The highest BCUT2D eigenvalue weighted by Crippen LogP contribution is 2.22. The van der Waals surface area contributed by atoms with Crippen LogP contribution in [0, 0.1) is 5.82 Å². The van der Waals surface area contributed by atoms with Crippen LogP contribution in [0.4, 0.5) is 10.3 Å². The Balaban J connectivity index is 1.76. The Hall–Kier alpha value is -2.83. The molecule has 0 N–H and O–H groups in total. The van der Waals surface area contributed by atoms with Gasteiger partial charge in [-0.25, -0.2) is 14.4 Å². The van der Waals surface area contributed by atoms with E-state index in [4.69, 9.17) is 0 Å². The van der Waals surface area contributed by atoms with Gasteiger partial charge in [0, 0.05) is 37.6 Å². The summed E-state index contributed by atoms with van der Waals surface area (Å²) >= 11 is 0. The molecule has 1 fully saturated rings. The zero-order valence-corrected chi connectivity index (χ0v) is 13.9. The maximum atomic E-state index is 14.0. The third-order valence-electron chi connectivity index (χ3n) is 4.40. The van der Waals surface area contributed by atoms with Gasteiger partial charge in [0.1, 0.15) is 12.1 Å². The summed E-state index contributed by atoms with van der Waals surface area (Å²) < 4.78 is 14.0. The van der Waals surface area contributed by atoms with Crippen LogP contribution in [0.25, 0.3) is 0 Å². The van der Waals surface area contributed by atoms with E-state index in [-0.39, 0.29) is 17.2 Å². The molecule has 0 saturated carbocycles. The van der Waals surface area contributed by atoms with E-state index in [1.807, 2.05) is 11.8 Å². The van der Waals surface area contributed by atoms with E-state index in [9.17, 15) is 14.0 Å². The minimum absolute atomic E-state index is 0.0655. The summed E-state index contributed by atoms with van der Waals surface area (Å²) in [5.41, 5.74) is 0.220. The van der Waals surface area contributed by atoms with Crippen LogP contribution in [0.1, 0.15) is 34.1 Å². The lowest BCUT2D eigenvalue weighted by atomic mass is 10.1. The van der Waals surface area contributed by atoms with Crippen LogP contribution in [0.3, 0.4) is 0 Å². The lowest BCUT2D eigenvalue weighted by Gasteiger charge is -2.27. The third kappa shape index (κ3) is 3.50. The summed E-state index contributed by atoms with van der Waals surface area (Å²) in [6.45, 7) is 3.72. The number of aldehydes is 1. The van der Waals surface area contributed by atoms with E-state index in [1.54, 1.807) is 23.4 Å². The number of aromatic nitrogens is 2. The first kappa shape index (κ1) is 17.0. The molecular formula is C18H19FN4O2. The lowest BCUT2D eigenvalue weighted by molar-refractivity contribution is 0.0786. The van der Waals surface area contributed by atoms with Gasteiger partial charge in [-0.1, -0.05) is 0 Å². The minimum atomic E-state index is -0.613. The Morgan fingerprint density at radius 2 is 2.16 bits per heavy atom. The van der Waals surface area contributed by atoms with Crippen LogP contribution in [0.5, 0.6) is 0 Å². The Morgan fingerprint density at radius 3 is 2.84 bits per heavy atom. The molecule has 1 aromatic heterocycles. The van der Waals surface area contributed by atoms with Crippen LogP contribution in [-0.2, 0) is 0 Å². The molecule has 0 radical (unpaired) electrons. The van der Waals surface area contributed by atoms with E-state index in [2.05, 4.69) is 9.97 Å². The zero-order chi connectivity index (χ0) is 17.8. The van der Waals surface area contributed by atoms with Crippen molar-refractivity contribution < 1.29 is 14.0 Å². The van der Waals surface area contributed by atoms with Gasteiger partial charge in [-0.2, -0.15) is 0 Å². The number of hydrogen-bond acceptors (Lipinski definition) is 5. The third-order valence-corrected chi connectivity index (χ3v) is 4.40. The Labute approximate surface area is 145 Å². The van der Waals surface area contributed by atoms with Gasteiger partial charge in [-0.15, -0.1) is 0 Å². The largest absolute Gasteiger partial charge is 0.336 e. The van der Waals surface area contributed by atoms with Crippen LogP contribution in [0.15, 0.2) is 36.7 Å². The molecule has 3 rings (SSSR count). The molecule has 2 heterocycles. The number of halogens is 1. The van der Waals surface area contributed by atoms with Crippen molar-refractivity contribution in [2.75, 3.05) is 24.5 Å². The molecular weight excluding hydrogens is 323 g/mol. The molecule has 0 aliphatic carbocycles. The molecule has 130 valence electrons. The molecule has 0 unspecified atom stereocenters. The summed E-state index contributed by atoms with van der Waals surface area (Å²) in [5, 5.41) is 0. The van der Waals surface area contributed by atoms with E-state index >= 15 is 0 Å². The number of carbonyl (C=O) groups is 2. The monoisotopic (exact) mass is 342 g/mol. The predicted molar refractivity (Wildman–Crippen MR) is 91.1 cm³/mol. The van der Waals surface area contributed by atoms with E-state index < -0.39 is 11.7 Å². The quantitative estimate of drug-likeness (QED) is 0.779. The lowest BCUT2D eigenvalue weighted by Crippen LogP contribution is -2.40. The van der Waals surface area contributed by atoms with Gasteiger partial charge in [0.2, 0.25) is 5.95 Å². The Kier molecular flexibility index (Phi) is 5.02. The molecule has 1 saturated heterocycles. The fraction of sp³-hybridized carbons (Fsp3) is 0.333. The highest BCUT2D eigenvalue weighted by atomic mass is 19.1. The van der Waals surface area contributed by atoms with Crippen molar-refractivity contribution in [1.29, 1.82) is 0 Å². The molecule has 1 aliphatic heterocycles. The van der Waals surface area contributed by atoms with E-state index in [1.165, 1.54) is 12.1 Å². The van der Waals surface area contributed by atoms with Crippen LogP contribution >= 0.6 is 0 Å². The second-order valence-corrected chi connectivity index (χ2v) is 5.89. The number of anilines is 1. The summed E-state index contributed by atoms with van der Waals surface area (Å²) in [5.74, 6) is -0.384. The molecule has 1 aromatic carbocycles. The molecule has 7 heteroatoms. The van der Waals surface area contributed by atoms with Crippen molar-refractivity contribution in [1.82, 2.24) is 14.9 Å². The van der Waals surface area contributed by atoms with Gasteiger partial charge in [-0.05, 0) is 37.6 Å². The van der Waals surface area contributed by atoms with Crippen LogP contribution in [0.2, 0.25) is 0 Å². The first-order valence-electron chi connectivity index (χ1n) is 8.21. The number of carbonyl (C=O) groups excluding carboxylic acids is 2. The van der Waals surface area contributed by atoms with Gasteiger partial charge in [0.15, 0.2) is 0 Å². The molecule has 1 atom stereocenters. The maximum Gasteiger partial charge on any atom is 0.256 e. The van der Waals surface area contributed by atoms with E-state index in [0.29, 0.717) is 31.9 Å². The molecule has 0 bridgehead atoms. The first-order valence-corrected chi connectivity index (χ1v) is 8.21. The second kappa shape index (κ2) is 7.38. The normalized spacial score (nSPS) is 16.7. The fourth-order valence-electron chi connectivity index (χ4n) is 3.13. The molecule has 1 amide bonds. The average Bonchev–Trinajstić information content (AvgIpc) is 3.13. The number of benzene rings is 1. The van der Waals surface area contributed by atoms with Gasteiger partial charge >= 0.3 is 0 Å². The van der Waals surface area contributed by atoms with Crippen molar-refractivity contribution in [3.05, 3.63) is 53.6 Å².